The number of imide groups is 1. The molecule has 1 saturated heterocycles. The second-order valence-electron chi connectivity index (χ2n) is 7.18. The Bertz CT molecular complexity index is 927. The van der Waals surface area contributed by atoms with Crippen LogP contribution in [-0.2, 0) is 9.53 Å². The zero-order valence-electron chi connectivity index (χ0n) is 16.1. The molecule has 1 aliphatic rings. The molecule has 0 aromatic heterocycles. The second-order valence-corrected chi connectivity index (χ2v) is 7.62. The van der Waals surface area contributed by atoms with Gasteiger partial charge in [0.1, 0.15) is 18.7 Å². The highest BCUT2D eigenvalue weighted by atomic mass is 35.5. The molecule has 0 bridgehead atoms. The van der Waals surface area contributed by atoms with Gasteiger partial charge in [-0.15, -0.1) is 0 Å². The van der Waals surface area contributed by atoms with E-state index < -0.39 is 30.0 Å². The predicted octanol–water partition coefficient (Wildman–Crippen LogP) is 5.48. The zero-order valence-corrected chi connectivity index (χ0v) is 16.9. The van der Waals surface area contributed by atoms with Gasteiger partial charge in [0.15, 0.2) is 0 Å². The van der Waals surface area contributed by atoms with Crippen molar-refractivity contribution in [1.29, 1.82) is 0 Å². The lowest BCUT2D eigenvalue weighted by Gasteiger charge is -2.30. The highest BCUT2D eigenvalue weighted by molar-refractivity contribution is 6.30. The summed E-state index contributed by atoms with van der Waals surface area (Å²) in [5.74, 6) is -1.04. The number of nitrogens with zero attached hydrogens (tertiary/aromatic N) is 4. The first-order valence-corrected chi connectivity index (χ1v) is 9.66. The molecule has 8 heteroatoms. The van der Waals surface area contributed by atoms with E-state index in [1.54, 1.807) is 24.3 Å². The van der Waals surface area contributed by atoms with Crippen LogP contribution in [0, 0.1) is 5.92 Å². The standard InChI is InChI=1S/C21H21ClN4O3/c1-13(2)18(15-8-10-16(22)11-9-15)19(24-25-23)20(27)26-17(12-29-21(26)28)14-6-4-3-5-7-14/h3-11,13,17-19H,12H2,1-2H3/t17?,18-,19+/m1/s1. The van der Waals surface area contributed by atoms with Crippen molar-refractivity contribution in [3.05, 3.63) is 81.2 Å². The van der Waals surface area contributed by atoms with Crippen molar-refractivity contribution in [2.45, 2.75) is 31.8 Å². The molecule has 1 heterocycles. The average Bonchev–Trinajstić information content (AvgIpc) is 3.10. The van der Waals surface area contributed by atoms with Crippen molar-refractivity contribution < 1.29 is 14.3 Å². The molecule has 29 heavy (non-hydrogen) atoms. The van der Waals surface area contributed by atoms with Crippen LogP contribution in [-0.4, -0.2) is 29.5 Å². The normalized spacial score (nSPS) is 18.1. The van der Waals surface area contributed by atoms with E-state index in [9.17, 15) is 9.59 Å². The quantitative estimate of drug-likeness (QED) is 0.357. The van der Waals surface area contributed by atoms with Crippen LogP contribution in [0.5, 0.6) is 0 Å². The fourth-order valence-corrected chi connectivity index (χ4v) is 3.80. The van der Waals surface area contributed by atoms with Gasteiger partial charge < -0.3 is 4.74 Å². The Morgan fingerprint density at radius 3 is 2.45 bits per heavy atom. The average molecular weight is 413 g/mol. The number of rotatable bonds is 6. The Kier molecular flexibility index (Phi) is 6.42. The number of hydrogen-bond donors (Lipinski definition) is 0. The Balaban J connectivity index is 2.00. The molecule has 0 radical (unpaired) electrons. The highest BCUT2D eigenvalue weighted by Crippen LogP contribution is 2.35. The summed E-state index contributed by atoms with van der Waals surface area (Å²) in [5.41, 5.74) is 10.7. The Labute approximate surface area is 173 Å². The number of hydrogen-bond acceptors (Lipinski definition) is 4. The third-order valence-corrected chi connectivity index (χ3v) is 5.29. The molecule has 0 N–H and O–H groups in total. The van der Waals surface area contributed by atoms with E-state index in [0.717, 1.165) is 16.0 Å². The minimum absolute atomic E-state index is 0.0376. The summed E-state index contributed by atoms with van der Waals surface area (Å²) < 4.78 is 5.16. The summed E-state index contributed by atoms with van der Waals surface area (Å²) in [6.45, 7) is 3.93. The van der Waals surface area contributed by atoms with Gasteiger partial charge in [-0.2, -0.15) is 0 Å². The number of benzene rings is 2. The van der Waals surface area contributed by atoms with Gasteiger partial charge in [-0.1, -0.05) is 73.0 Å². The molecule has 0 aliphatic carbocycles. The minimum atomic E-state index is -1.10. The fourth-order valence-electron chi connectivity index (χ4n) is 3.68. The van der Waals surface area contributed by atoms with Crippen LogP contribution in [0.1, 0.15) is 36.9 Å². The summed E-state index contributed by atoms with van der Waals surface area (Å²) in [6, 6.07) is 14.6. The van der Waals surface area contributed by atoms with E-state index >= 15 is 0 Å². The number of ether oxygens (including phenoxy) is 1. The number of carbonyl (C=O) groups is 2. The largest absolute Gasteiger partial charge is 0.446 e. The summed E-state index contributed by atoms with van der Waals surface area (Å²) >= 11 is 5.99. The van der Waals surface area contributed by atoms with E-state index in [4.69, 9.17) is 21.9 Å². The molecule has 7 nitrogen and oxygen atoms in total. The summed E-state index contributed by atoms with van der Waals surface area (Å²) in [7, 11) is 0. The second kappa shape index (κ2) is 8.99. The maximum Gasteiger partial charge on any atom is 0.417 e. The topological polar surface area (TPSA) is 95.4 Å². The van der Waals surface area contributed by atoms with Crippen LogP contribution >= 0.6 is 11.6 Å². The van der Waals surface area contributed by atoms with Crippen LogP contribution in [0.4, 0.5) is 4.79 Å². The number of halogens is 1. The van der Waals surface area contributed by atoms with Crippen LogP contribution in [0.2, 0.25) is 5.02 Å². The van der Waals surface area contributed by atoms with Gasteiger partial charge >= 0.3 is 6.09 Å². The van der Waals surface area contributed by atoms with Crippen molar-refractivity contribution >= 4 is 23.6 Å². The van der Waals surface area contributed by atoms with Crippen molar-refractivity contribution in [2.75, 3.05) is 6.61 Å². The number of amides is 2. The van der Waals surface area contributed by atoms with Crippen molar-refractivity contribution in [1.82, 2.24) is 4.90 Å². The molecule has 2 aromatic carbocycles. The third kappa shape index (κ3) is 4.36. The molecule has 3 atom stereocenters. The van der Waals surface area contributed by atoms with Crippen LogP contribution in [0.3, 0.4) is 0 Å². The summed E-state index contributed by atoms with van der Waals surface area (Å²) in [6.07, 6.45) is -0.736. The zero-order chi connectivity index (χ0) is 21.0. The van der Waals surface area contributed by atoms with Gasteiger partial charge in [0.25, 0.3) is 0 Å². The first-order chi connectivity index (χ1) is 13.9. The van der Waals surface area contributed by atoms with Crippen molar-refractivity contribution in [2.24, 2.45) is 11.0 Å². The summed E-state index contributed by atoms with van der Waals surface area (Å²) in [4.78, 5) is 29.8. The first kappa shape index (κ1) is 20.7. The molecule has 1 unspecified atom stereocenters. The highest BCUT2D eigenvalue weighted by Gasteiger charge is 2.44. The van der Waals surface area contributed by atoms with Gasteiger partial charge in [0.05, 0.1) is 0 Å². The molecule has 2 aromatic rings. The van der Waals surface area contributed by atoms with E-state index in [2.05, 4.69) is 10.0 Å². The Morgan fingerprint density at radius 2 is 1.86 bits per heavy atom. The Morgan fingerprint density at radius 1 is 1.21 bits per heavy atom. The van der Waals surface area contributed by atoms with E-state index in [-0.39, 0.29) is 12.5 Å². The first-order valence-electron chi connectivity index (χ1n) is 9.28. The smallest absolute Gasteiger partial charge is 0.417 e. The molecule has 150 valence electrons. The summed E-state index contributed by atoms with van der Waals surface area (Å²) in [5, 5.41) is 4.37. The molecule has 0 spiro atoms. The lowest BCUT2D eigenvalue weighted by Crippen LogP contribution is -2.43. The van der Waals surface area contributed by atoms with Crippen LogP contribution in [0.15, 0.2) is 59.7 Å². The van der Waals surface area contributed by atoms with Gasteiger partial charge in [0.2, 0.25) is 5.91 Å². The van der Waals surface area contributed by atoms with Gasteiger partial charge in [0, 0.05) is 15.9 Å². The molecule has 3 rings (SSSR count). The minimum Gasteiger partial charge on any atom is -0.446 e. The molecule has 1 fully saturated rings. The molecule has 2 amide bonds. The van der Waals surface area contributed by atoms with Gasteiger partial charge in [-0.25, -0.2) is 9.69 Å². The van der Waals surface area contributed by atoms with Gasteiger partial charge in [-0.05, 0) is 34.7 Å². The SMILES string of the molecule is CC(C)[C@H](c1ccc(Cl)cc1)[C@H](N=[N+]=[N-])C(=O)N1C(=O)OCC1c1ccccc1. The maximum atomic E-state index is 13.4. The lowest BCUT2D eigenvalue weighted by atomic mass is 9.82. The fraction of sp³-hybridized carbons (Fsp3) is 0.333. The van der Waals surface area contributed by atoms with E-state index in [0.29, 0.717) is 5.02 Å². The number of cyclic esters (lactones) is 1. The predicted molar refractivity (Wildman–Crippen MR) is 109 cm³/mol. The molecular weight excluding hydrogens is 392 g/mol. The molecule has 1 aliphatic heterocycles. The molecule has 0 saturated carbocycles. The monoisotopic (exact) mass is 412 g/mol. The van der Waals surface area contributed by atoms with E-state index in [1.165, 1.54) is 0 Å². The number of carbonyl (C=O) groups excluding carboxylic acids is 2. The van der Waals surface area contributed by atoms with Crippen LogP contribution < -0.4 is 0 Å². The van der Waals surface area contributed by atoms with Crippen molar-refractivity contribution in [3.63, 3.8) is 0 Å². The maximum absolute atomic E-state index is 13.4. The Hall–Kier alpha value is -3.02. The van der Waals surface area contributed by atoms with Gasteiger partial charge in [-0.3, -0.25) is 4.79 Å². The lowest BCUT2D eigenvalue weighted by molar-refractivity contribution is -0.131. The third-order valence-electron chi connectivity index (χ3n) is 5.04. The van der Waals surface area contributed by atoms with E-state index in [1.807, 2.05) is 44.2 Å². The molecular formula is C21H21ClN4O3. The van der Waals surface area contributed by atoms with Crippen molar-refractivity contribution in [3.8, 4) is 0 Å². The van der Waals surface area contributed by atoms with Crippen LogP contribution in [0.25, 0.3) is 10.4 Å². The number of azide groups is 1.